The van der Waals surface area contributed by atoms with E-state index in [1.165, 1.54) is 5.56 Å². The van der Waals surface area contributed by atoms with Crippen molar-refractivity contribution in [3.63, 3.8) is 0 Å². The van der Waals surface area contributed by atoms with Crippen molar-refractivity contribution in [2.24, 2.45) is 5.92 Å². The van der Waals surface area contributed by atoms with Gasteiger partial charge in [0.15, 0.2) is 0 Å². The van der Waals surface area contributed by atoms with E-state index in [4.69, 9.17) is 0 Å². The number of amides is 2. The molecule has 1 aromatic carbocycles. The SMILES string of the molecule is CC[C@H](C)[C@H](NC(=O)N[C@H]1CCCc2ccccc21)C(=O)O. The van der Waals surface area contributed by atoms with Crippen LogP contribution >= 0.6 is 0 Å². The molecule has 1 aliphatic carbocycles. The van der Waals surface area contributed by atoms with Crippen LogP contribution in [-0.2, 0) is 11.2 Å². The van der Waals surface area contributed by atoms with Crippen molar-refractivity contribution < 1.29 is 14.7 Å². The monoisotopic (exact) mass is 304 g/mol. The maximum absolute atomic E-state index is 12.2. The zero-order valence-electron chi connectivity index (χ0n) is 13.1. The average molecular weight is 304 g/mol. The van der Waals surface area contributed by atoms with E-state index >= 15 is 0 Å². The van der Waals surface area contributed by atoms with Gasteiger partial charge in [-0.25, -0.2) is 9.59 Å². The third kappa shape index (κ3) is 3.78. The average Bonchev–Trinajstić information content (AvgIpc) is 2.52. The summed E-state index contributed by atoms with van der Waals surface area (Å²) >= 11 is 0. The fourth-order valence-corrected chi connectivity index (χ4v) is 2.93. The standard InChI is InChI=1S/C17H24N2O3/c1-3-11(2)15(16(20)21)19-17(22)18-14-10-6-8-12-7-4-5-9-13(12)14/h4-5,7,9,11,14-15H,3,6,8,10H2,1-2H3,(H,20,21)(H2,18,19,22)/t11-,14-,15-/m0/s1. The molecule has 22 heavy (non-hydrogen) atoms. The Labute approximate surface area is 131 Å². The van der Waals surface area contributed by atoms with Gasteiger partial charge in [-0.1, -0.05) is 44.5 Å². The largest absolute Gasteiger partial charge is 0.480 e. The van der Waals surface area contributed by atoms with E-state index < -0.39 is 18.0 Å². The lowest BCUT2D eigenvalue weighted by atomic mass is 9.88. The highest BCUT2D eigenvalue weighted by Gasteiger charge is 2.27. The lowest BCUT2D eigenvalue weighted by molar-refractivity contribution is -0.140. The minimum atomic E-state index is -0.992. The van der Waals surface area contributed by atoms with E-state index in [1.54, 1.807) is 0 Å². The number of carbonyl (C=O) groups is 2. The Balaban J connectivity index is 2.02. The summed E-state index contributed by atoms with van der Waals surface area (Å²) in [5.41, 5.74) is 2.40. The number of urea groups is 1. The number of carboxylic acids is 1. The molecule has 0 spiro atoms. The maximum Gasteiger partial charge on any atom is 0.326 e. The molecule has 0 saturated heterocycles. The molecule has 0 radical (unpaired) electrons. The summed E-state index contributed by atoms with van der Waals surface area (Å²) < 4.78 is 0. The van der Waals surface area contributed by atoms with Gasteiger partial charge in [0.2, 0.25) is 0 Å². The summed E-state index contributed by atoms with van der Waals surface area (Å²) in [6, 6.07) is 6.78. The molecule has 2 rings (SSSR count). The van der Waals surface area contributed by atoms with Crippen LogP contribution in [0.3, 0.4) is 0 Å². The van der Waals surface area contributed by atoms with Gasteiger partial charge in [-0.15, -0.1) is 0 Å². The quantitative estimate of drug-likeness (QED) is 0.782. The van der Waals surface area contributed by atoms with Crippen molar-refractivity contribution in [1.82, 2.24) is 10.6 Å². The summed E-state index contributed by atoms with van der Waals surface area (Å²) in [5, 5.41) is 14.8. The number of fused-ring (bicyclic) bond motifs is 1. The normalized spacial score (nSPS) is 19.6. The molecule has 0 fully saturated rings. The molecule has 5 nitrogen and oxygen atoms in total. The highest BCUT2D eigenvalue weighted by atomic mass is 16.4. The van der Waals surface area contributed by atoms with Crippen LogP contribution in [0.25, 0.3) is 0 Å². The Bertz CT molecular complexity index is 544. The smallest absolute Gasteiger partial charge is 0.326 e. The van der Waals surface area contributed by atoms with E-state index in [0.717, 1.165) is 24.8 Å². The fraction of sp³-hybridized carbons (Fsp3) is 0.529. The predicted molar refractivity (Wildman–Crippen MR) is 84.7 cm³/mol. The van der Waals surface area contributed by atoms with E-state index in [-0.39, 0.29) is 12.0 Å². The first-order chi connectivity index (χ1) is 10.5. The van der Waals surface area contributed by atoms with Crippen LogP contribution in [0.4, 0.5) is 4.79 Å². The van der Waals surface area contributed by atoms with Crippen LogP contribution in [0.1, 0.15) is 50.3 Å². The fourth-order valence-electron chi connectivity index (χ4n) is 2.93. The van der Waals surface area contributed by atoms with Crippen LogP contribution in [0.2, 0.25) is 0 Å². The molecule has 0 unspecified atom stereocenters. The van der Waals surface area contributed by atoms with Crippen molar-refractivity contribution in [3.8, 4) is 0 Å². The number of carboxylic acid groups (broad SMARTS) is 1. The minimum Gasteiger partial charge on any atom is -0.480 e. The van der Waals surface area contributed by atoms with Crippen molar-refractivity contribution in [1.29, 1.82) is 0 Å². The number of hydrogen-bond acceptors (Lipinski definition) is 2. The molecule has 1 aromatic rings. The molecular weight excluding hydrogens is 280 g/mol. The first kappa shape index (κ1) is 16.3. The summed E-state index contributed by atoms with van der Waals surface area (Å²) in [6.07, 6.45) is 3.63. The predicted octanol–water partition coefficient (Wildman–Crippen LogP) is 2.86. The number of hydrogen-bond donors (Lipinski definition) is 3. The summed E-state index contributed by atoms with van der Waals surface area (Å²) in [4.78, 5) is 23.5. The first-order valence-electron chi connectivity index (χ1n) is 7.90. The number of aryl methyl sites for hydroxylation is 1. The van der Waals surface area contributed by atoms with Crippen molar-refractivity contribution >= 4 is 12.0 Å². The Morgan fingerprint density at radius 3 is 2.77 bits per heavy atom. The number of rotatable bonds is 5. The van der Waals surface area contributed by atoms with Gasteiger partial charge >= 0.3 is 12.0 Å². The van der Waals surface area contributed by atoms with E-state index in [2.05, 4.69) is 16.7 Å². The van der Waals surface area contributed by atoms with E-state index in [9.17, 15) is 14.7 Å². The van der Waals surface area contributed by atoms with E-state index in [0.29, 0.717) is 6.42 Å². The Morgan fingerprint density at radius 2 is 2.09 bits per heavy atom. The topological polar surface area (TPSA) is 78.4 Å². The highest BCUT2D eigenvalue weighted by molar-refractivity contribution is 5.83. The van der Waals surface area contributed by atoms with Gasteiger partial charge in [-0.2, -0.15) is 0 Å². The van der Waals surface area contributed by atoms with Crippen molar-refractivity contribution in [2.45, 2.75) is 51.6 Å². The van der Waals surface area contributed by atoms with E-state index in [1.807, 2.05) is 32.0 Å². The highest BCUT2D eigenvalue weighted by Crippen LogP contribution is 2.29. The lowest BCUT2D eigenvalue weighted by Crippen LogP contribution is -2.50. The van der Waals surface area contributed by atoms with Gasteiger partial charge in [0.1, 0.15) is 6.04 Å². The second-order valence-electron chi connectivity index (χ2n) is 5.96. The third-order valence-corrected chi connectivity index (χ3v) is 4.44. The molecule has 0 aliphatic heterocycles. The number of aliphatic carboxylic acids is 1. The Kier molecular flexibility index (Phi) is 5.41. The first-order valence-corrected chi connectivity index (χ1v) is 7.90. The van der Waals surface area contributed by atoms with Gasteiger partial charge in [0, 0.05) is 0 Å². The second-order valence-corrected chi connectivity index (χ2v) is 5.96. The number of benzene rings is 1. The molecule has 1 aliphatic rings. The van der Waals surface area contributed by atoms with Gasteiger partial charge in [-0.05, 0) is 36.3 Å². The summed E-state index contributed by atoms with van der Waals surface area (Å²) in [6.45, 7) is 3.74. The molecule has 0 saturated carbocycles. The van der Waals surface area contributed by atoms with Crippen molar-refractivity contribution in [2.75, 3.05) is 0 Å². The zero-order chi connectivity index (χ0) is 16.1. The zero-order valence-corrected chi connectivity index (χ0v) is 13.1. The molecule has 2 amide bonds. The van der Waals surface area contributed by atoms with Crippen LogP contribution in [0.15, 0.2) is 24.3 Å². The number of carbonyl (C=O) groups excluding carboxylic acids is 1. The van der Waals surface area contributed by atoms with Gasteiger partial charge in [0.25, 0.3) is 0 Å². The molecule has 0 aromatic heterocycles. The van der Waals surface area contributed by atoms with Gasteiger partial charge in [-0.3, -0.25) is 0 Å². The Hall–Kier alpha value is -2.04. The molecule has 5 heteroatoms. The lowest BCUT2D eigenvalue weighted by Gasteiger charge is -2.28. The second kappa shape index (κ2) is 7.29. The molecule has 3 atom stereocenters. The molecule has 120 valence electrons. The molecular formula is C17H24N2O3. The molecule has 0 heterocycles. The van der Waals surface area contributed by atoms with Crippen LogP contribution < -0.4 is 10.6 Å². The van der Waals surface area contributed by atoms with Crippen LogP contribution in [-0.4, -0.2) is 23.1 Å². The Morgan fingerprint density at radius 1 is 1.36 bits per heavy atom. The third-order valence-electron chi connectivity index (χ3n) is 4.44. The summed E-state index contributed by atoms with van der Waals surface area (Å²) in [7, 11) is 0. The number of nitrogens with one attached hydrogen (secondary N) is 2. The van der Waals surface area contributed by atoms with Gasteiger partial charge < -0.3 is 15.7 Å². The molecule has 0 bridgehead atoms. The van der Waals surface area contributed by atoms with Crippen LogP contribution in [0.5, 0.6) is 0 Å². The van der Waals surface area contributed by atoms with Gasteiger partial charge in [0.05, 0.1) is 6.04 Å². The minimum absolute atomic E-state index is 0.0451. The van der Waals surface area contributed by atoms with Crippen LogP contribution in [0, 0.1) is 5.92 Å². The maximum atomic E-state index is 12.2. The van der Waals surface area contributed by atoms with Crippen molar-refractivity contribution in [3.05, 3.63) is 35.4 Å². The molecule has 3 N–H and O–H groups in total. The summed E-state index contributed by atoms with van der Waals surface area (Å²) in [5.74, 6) is -1.10.